The van der Waals surface area contributed by atoms with Crippen LogP contribution in [0.2, 0.25) is 5.28 Å². The predicted molar refractivity (Wildman–Crippen MR) is 111 cm³/mol. The molecule has 1 heterocycles. The molecule has 0 saturated heterocycles. The molecule has 0 spiro atoms. The van der Waals surface area contributed by atoms with Crippen molar-refractivity contribution < 1.29 is 13.9 Å². The zero-order valence-electron chi connectivity index (χ0n) is 15.4. The molecule has 4 rings (SSSR count). The van der Waals surface area contributed by atoms with Gasteiger partial charge in [0.05, 0.1) is 12.1 Å². The molecule has 29 heavy (non-hydrogen) atoms. The largest absolute Gasteiger partial charge is 0.483 e. The molecule has 0 radical (unpaired) electrons. The highest BCUT2D eigenvalue weighted by molar-refractivity contribution is 7.99. The fraction of sp³-hybridized carbons (Fsp3) is 0.421. The van der Waals surface area contributed by atoms with Crippen molar-refractivity contribution in [3.8, 4) is 5.75 Å². The number of anilines is 2. The van der Waals surface area contributed by atoms with E-state index in [4.69, 9.17) is 27.8 Å². The van der Waals surface area contributed by atoms with Gasteiger partial charge in [-0.2, -0.15) is 4.98 Å². The lowest BCUT2D eigenvalue weighted by Crippen LogP contribution is -2.46. The molecule has 1 aromatic carbocycles. The van der Waals surface area contributed by atoms with Crippen LogP contribution in [0, 0.1) is 23.6 Å². The maximum absolute atomic E-state index is 14.1. The Morgan fingerprint density at radius 2 is 2.24 bits per heavy atom. The number of ether oxygens (including phenoxy) is 1. The first-order valence-electron chi connectivity index (χ1n) is 9.26. The van der Waals surface area contributed by atoms with E-state index in [1.54, 1.807) is 23.9 Å². The first kappa shape index (κ1) is 20.0. The average Bonchev–Trinajstić information content (AvgIpc) is 3.23. The third kappa shape index (κ3) is 4.20. The number of nitrogens with one attached hydrogen (secondary N) is 1. The van der Waals surface area contributed by atoms with Crippen LogP contribution in [0.1, 0.15) is 12.8 Å². The first-order valence-corrected chi connectivity index (χ1v) is 10.7. The topological polar surface area (TPSA) is 116 Å². The van der Waals surface area contributed by atoms with Gasteiger partial charge in [-0.15, -0.1) is 11.8 Å². The van der Waals surface area contributed by atoms with Crippen LogP contribution >= 0.6 is 23.4 Å². The summed E-state index contributed by atoms with van der Waals surface area (Å²) >= 11 is 7.47. The monoisotopic (exact) mass is 437 g/mol. The molecule has 2 fully saturated rings. The summed E-state index contributed by atoms with van der Waals surface area (Å²) in [5.74, 6) is 0.0836. The van der Waals surface area contributed by atoms with Crippen LogP contribution in [0.15, 0.2) is 30.5 Å². The van der Waals surface area contributed by atoms with Crippen molar-refractivity contribution in [1.82, 2.24) is 9.97 Å². The quantitative estimate of drug-likeness (QED) is 0.346. The smallest absolute Gasteiger partial charge is 0.224 e. The minimum atomic E-state index is -0.616. The number of primary amides is 1. The first-order chi connectivity index (χ1) is 13.9. The number of fused-ring (bicyclic) bond motifs is 2. The lowest BCUT2D eigenvalue weighted by Gasteiger charge is -2.34. The summed E-state index contributed by atoms with van der Waals surface area (Å²) in [6.45, 7) is 0. The number of benzene rings is 1. The van der Waals surface area contributed by atoms with Gasteiger partial charge in [0.15, 0.2) is 11.6 Å². The van der Waals surface area contributed by atoms with Gasteiger partial charge in [-0.05, 0) is 48.4 Å². The number of nitrogen functional groups attached to an aromatic ring is 1. The molecular weight excluding hydrogens is 417 g/mol. The molecule has 7 nitrogen and oxygen atoms in total. The number of carbonyl (C=O) groups is 1. The van der Waals surface area contributed by atoms with E-state index in [0.717, 1.165) is 19.0 Å². The molecule has 1 amide bonds. The molecule has 0 aliphatic heterocycles. The van der Waals surface area contributed by atoms with E-state index in [-0.39, 0.29) is 46.1 Å². The maximum Gasteiger partial charge on any atom is 0.224 e. The van der Waals surface area contributed by atoms with E-state index in [1.807, 2.05) is 12.1 Å². The van der Waals surface area contributed by atoms with Crippen LogP contribution in [0.4, 0.5) is 15.9 Å². The van der Waals surface area contributed by atoms with E-state index in [2.05, 4.69) is 15.3 Å². The highest BCUT2D eigenvalue weighted by atomic mass is 35.5. The number of aromatic nitrogens is 2. The van der Waals surface area contributed by atoms with Gasteiger partial charge in [0, 0.05) is 23.0 Å². The average molecular weight is 438 g/mol. The Labute approximate surface area is 176 Å². The van der Waals surface area contributed by atoms with Gasteiger partial charge in [0.25, 0.3) is 0 Å². The second kappa shape index (κ2) is 8.23. The number of rotatable bonds is 7. The molecule has 0 unspecified atom stereocenters. The Balaban J connectivity index is 1.44. The molecule has 10 heteroatoms. The highest BCUT2D eigenvalue weighted by Crippen LogP contribution is 2.53. The molecular formula is C19H21ClFN5O2S. The van der Waals surface area contributed by atoms with Crippen molar-refractivity contribution in [3.63, 3.8) is 0 Å². The minimum Gasteiger partial charge on any atom is -0.483 e. The van der Waals surface area contributed by atoms with E-state index in [9.17, 15) is 9.18 Å². The number of amides is 1. The van der Waals surface area contributed by atoms with Crippen molar-refractivity contribution in [3.05, 3.63) is 41.6 Å². The van der Waals surface area contributed by atoms with Gasteiger partial charge in [0.2, 0.25) is 11.2 Å². The number of halogens is 2. The minimum absolute atomic E-state index is 0.00596. The fourth-order valence-corrected chi connectivity index (χ4v) is 5.92. The summed E-state index contributed by atoms with van der Waals surface area (Å²) in [6, 6.07) is 6.96. The highest BCUT2D eigenvalue weighted by Gasteiger charge is 2.55. The Kier molecular flexibility index (Phi) is 5.69. The number of nitrogens with two attached hydrogens (primary N) is 2. The van der Waals surface area contributed by atoms with Gasteiger partial charge >= 0.3 is 0 Å². The van der Waals surface area contributed by atoms with E-state index in [0.29, 0.717) is 17.4 Å². The molecule has 2 aliphatic rings. The van der Waals surface area contributed by atoms with Crippen molar-refractivity contribution in [2.45, 2.75) is 24.1 Å². The number of thioether (sulfide) groups is 1. The van der Waals surface area contributed by atoms with Crippen LogP contribution in [0.3, 0.4) is 0 Å². The number of hydrogen-bond acceptors (Lipinski definition) is 7. The molecule has 1 aromatic heterocycles. The lowest BCUT2D eigenvalue weighted by molar-refractivity contribution is -0.123. The van der Waals surface area contributed by atoms with Gasteiger partial charge in [-0.3, -0.25) is 4.79 Å². The van der Waals surface area contributed by atoms with Gasteiger partial charge in [0.1, 0.15) is 11.7 Å². The van der Waals surface area contributed by atoms with Crippen LogP contribution < -0.4 is 21.5 Å². The Morgan fingerprint density at radius 3 is 3.00 bits per heavy atom. The molecule has 154 valence electrons. The van der Waals surface area contributed by atoms with Crippen molar-refractivity contribution in [1.29, 1.82) is 0 Å². The van der Waals surface area contributed by atoms with Gasteiger partial charge in [-0.1, -0.05) is 6.07 Å². The molecule has 2 aliphatic carbocycles. The fourth-order valence-electron chi connectivity index (χ4n) is 4.50. The summed E-state index contributed by atoms with van der Waals surface area (Å²) in [5, 5.41) is 3.27. The number of nitrogens with zero attached hydrogens (tertiary/aromatic N) is 2. The zero-order valence-corrected chi connectivity index (χ0v) is 17.0. The van der Waals surface area contributed by atoms with Gasteiger partial charge in [-0.25, -0.2) is 9.37 Å². The van der Waals surface area contributed by atoms with E-state index < -0.39 is 5.82 Å². The van der Waals surface area contributed by atoms with Crippen LogP contribution in [-0.2, 0) is 4.79 Å². The summed E-state index contributed by atoms with van der Waals surface area (Å²) in [6.07, 6.45) is 2.73. The van der Waals surface area contributed by atoms with Gasteiger partial charge < -0.3 is 21.5 Å². The van der Waals surface area contributed by atoms with Crippen LogP contribution in [0.5, 0.6) is 5.75 Å². The second-order valence-corrected chi connectivity index (χ2v) is 8.88. The summed E-state index contributed by atoms with van der Waals surface area (Å²) < 4.78 is 19.9. The third-order valence-electron chi connectivity index (χ3n) is 5.66. The Bertz CT molecular complexity index is 920. The molecule has 2 saturated carbocycles. The van der Waals surface area contributed by atoms with E-state index >= 15 is 0 Å². The summed E-state index contributed by atoms with van der Waals surface area (Å²) in [5.41, 5.74) is 12.1. The van der Waals surface area contributed by atoms with Crippen molar-refractivity contribution >= 4 is 40.8 Å². The SMILES string of the molecule is NC(=O)[C@H]1[C@H]2C[C@@H]([C@H]1Nc1nc(Cl)ncc1F)[C@H](SCOc1cccc(N)c1)C2. The number of carbonyl (C=O) groups excluding carboxylic acids is 1. The lowest BCUT2D eigenvalue weighted by atomic mass is 9.83. The van der Waals surface area contributed by atoms with Crippen LogP contribution in [0.25, 0.3) is 0 Å². The molecule has 5 N–H and O–H groups in total. The maximum atomic E-state index is 14.1. The summed E-state index contributed by atoms with van der Waals surface area (Å²) in [7, 11) is 0. The predicted octanol–water partition coefficient (Wildman–Crippen LogP) is 2.91. The molecule has 2 bridgehead atoms. The van der Waals surface area contributed by atoms with E-state index in [1.165, 1.54) is 0 Å². The number of hydrogen-bond donors (Lipinski definition) is 3. The van der Waals surface area contributed by atoms with Crippen molar-refractivity contribution in [2.24, 2.45) is 23.5 Å². The zero-order chi connectivity index (χ0) is 20.5. The normalized spacial score (nSPS) is 27.7. The molecule has 2 aromatic rings. The second-order valence-electron chi connectivity index (χ2n) is 7.37. The summed E-state index contributed by atoms with van der Waals surface area (Å²) in [4.78, 5) is 19.6. The van der Waals surface area contributed by atoms with Crippen LogP contribution in [-0.4, -0.2) is 33.1 Å². The molecule has 5 atom stereocenters. The Hall–Kier alpha value is -2.26. The third-order valence-corrected chi connectivity index (χ3v) is 7.06. The standard InChI is InChI=1S/C19H21ClFN5O2S/c20-19-24-7-13(21)18(26-19)25-16-12-4-9(15(16)17(23)27)5-14(12)29-8-28-11-3-1-2-10(22)6-11/h1-3,6-7,9,12,14-16H,4-5,8,22H2,(H2,23,27)(H,24,25,26)/t9-,12+,14+,15-,16+/m0/s1. The van der Waals surface area contributed by atoms with Crippen molar-refractivity contribution in [2.75, 3.05) is 17.0 Å². The Morgan fingerprint density at radius 1 is 1.41 bits per heavy atom.